The number of fused-ring (bicyclic) bond motifs is 1. The maximum atomic E-state index is 14.1. The molecule has 0 unspecified atom stereocenters. The van der Waals surface area contributed by atoms with Crippen molar-refractivity contribution in [3.8, 4) is 0 Å². The minimum Gasteiger partial charge on any atom is -0.357 e. The van der Waals surface area contributed by atoms with Crippen LogP contribution < -0.4 is 5.32 Å². The van der Waals surface area contributed by atoms with E-state index in [1.807, 2.05) is 0 Å². The second-order valence-corrected chi connectivity index (χ2v) is 7.04. The zero-order chi connectivity index (χ0) is 18.4. The van der Waals surface area contributed by atoms with Gasteiger partial charge in [-0.3, -0.25) is 9.59 Å². The van der Waals surface area contributed by atoms with Gasteiger partial charge in [0.2, 0.25) is 11.7 Å². The molecule has 2 aromatic heterocycles. The summed E-state index contributed by atoms with van der Waals surface area (Å²) in [5, 5.41) is 3.15. The molecule has 5 nitrogen and oxygen atoms in total. The Morgan fingerprint density at radius 2 is 1.92 bits per heavy atom. The number of aromatic nitrogens is 2. The fraction of sp³-hybridized carbons (Fsp3) is 0.167. The van der Waals surface area contributed by atoms with Gasteiger partial charge in [-0.25, -0.2) is 13.8 Å². The number of carbonyl (C=O) groups excluding carboxylic acids is 2. The summed E-state index contributed by atoms with van der Waals surface area (Å²) >= 11 is 2.99. The quantitative estimate of drug-likeness (QED) is 0.622. The van der Waals surface area contributed by atoms with Crippen molar-refractivity contribution < 1.29 is 18.4 Å². The molecule has 0 atom stereocenters. The van der Waals surface area contributed by atoms with Gasteiger partial charge in [0.15, 0.2) is 5.82 Å². The highest BCUT2D eigenvalue weighted by Gasteiger charge is 2.30. The summed E-state index contributed by atoms with van der Waals surface area (Å²) in [7, 11) is 0. The molecule has 4 rings (SSSR count). The highest BCUT2D eigenvalue weighted by atomic mass is 79.9. The second kappa shape index (κ2) is 6.28. The smallest absolute Gasteiger partial charge is 0.228 e. The maximum absolute atomic E-state index is 14.1. The molecule has 1 fully saturated rings. The van der Waals surface area contributed by atoms with Gasteiger partial charge in [-0.05, 0) is 31.0 Å². The fourth-order valence-corrected chi connectivity index (χ4v) is 3.20. The number of amides is 1. The number of anilines is 1. The molecule has 1 aliphatic rings. The van der Waals surface area contributed by atoms with Crippen LogP contribution in [0.15, 0.2) is 35.1 Å². The number of rotatable bonds is 4. The third kappa shape index (κ3) is 2.90. The van der Waals surface area contributed by atoms with Crippen LogP contribution in [0.25, 0.3) is 10.9 Å². The van der Waals surface area contributed by atoms with Gasteiger partial charge < -0.3 is 10.3 Å². The monoisotopic (exact) mass is 419 g/mol. The number of aromatic amines is 1. The molecular formula is C18H12BrF2N3O2. The number of pyridine rings is 1. The number of nitrogens with one attached hydrogen (secondary N) is 2. The Labute approximate surface area is 154 Å². The number of benzene rings is 1. The molecule has 1 aromatic carbocycles. The Morgan fingerprint density at radius 1 is 1.23 bits per heavy atom. The van der Waals surface area contributed by atoms with Gasteiger partial charge in [0, 0.05) is 33.7 Å². The van der Waals surface area contributed by atoms with E-state index in [4.69, 9.17) is 0 Å². The predicted octanol–water partition coefficient (Wildman–Crippen LogP) is 4.18. The molecule has 132 valence electrons. The molecule has 0 bridgehead atoms. The zero-order valence-corrected chi connectivity index (χ0v) is 14.9. The van der Waals surface area contributed by atoms with Gasteiger partial charge >= 0.3 is 0 Å². The summed E-state index contributed by atoms with van der Waals surface area (Å²) in [5.74, 6) is -2.54. The van der Waals surface area contributed by atoms with Crippen molar-refractivity contribution in [2.75, 3.05) is 5.32 Å². The molecule has 0 saturated heterocycles. The summed E-state index contributed by atoms with van der Waals surface area (Å²) in [5.41, 5.74) is -0.0956. The molecule has 2 heterocycles. The second-order valence-electron chi connectivity index (χ2n) is 6.12. The molecule has 0 radical (unpaired) electrons. The van der Waals surface area contributed by atoms with Crippen molar-refractivity contribution in [1.82, 2.24) is 9.97 Å². The Balaban J connectivity index is 1.76. The molecule has 1 saturated carbocycles. The Kier molecular flexibility index (Phi) is 4.07. The van der Waals surface area contributed by atoms with Crippen LogP contribution >= 0.6 is 15.9 Å². The van der Waals surface area contributed by atoms with Crippen molar-refractivity contribution in [2.45, 2.75) is 12.8 Å². The highest BCUT2D eigenvalue weighted by Crippen LogP contribution is 2.32. The van der Waals surface area contributed by atoms with E-state index in [1.54, 1.807) is 6.07 Å². The van der Waals surface area contributed by atoms with Crippen LogP contribution in [0, 0.1) is 17.6 Å². The summed E-state index contributed by atoms with van der Waals surface area (Å²) in [6.45, 7) is 0. The number of hydrogen-bond donors (Lipinski definition) is 2. The minimum absolute atomic E-state index is 0.00548. The summed E-state index contributed by atoms with van der Waals surface area (Å²) in [6, 6.07) is 3.63. The minimum atomic E-state index is -0.951. The highest BCUT2D eigenvalue weighted by molar-refractivity contribution is 9.10. The lowest BCUT2D eigenvalue weighted by molar-refractivity contribution is -0.117. The van der Waals surface area contributed by atoms with E-state index < -0.39 is 23.0 Å². The van der Waals surface area contributed by atoms with Crippen LogP contribution in [0.2, 0.25) is 0 Å². The summed E-state index contributed by atoms with van der Waals surface area (Å²) in [4.78, 5) is 31.7. The van der Waals surface area contributed by atoms with E-state index >= 15 is 0 Å². The van der Waals surface area contributed by atoms with Crippen molar-refractivity contribution in [1.29, 1.82) is 0 Å². The van der Waals surface area contributed by atoms with Crippen LogP contribution in [-0.4, -0.2) is 21.7 Å². The van der Waals surface area contributed by atoms with Gasteiger partial charge in [-0.1, -0.05) is 15.9 Å². The van der Waals surface area contributed by atoms with Crippen LogP contribution in [0.4, 0.5) is 14.6 Å². The maximum Gasteiger partial charge on any atom is 0.228 e. The molecule has 1 amide bonds. The number of nitrogens with zero attached hydrogens (tertiary/aromatic N) is 1. The van der Waals surface area contributed by atoms with E-state index in [2.05, 4.69) is 31.2 Å². The van der Waals surface area contributed by atoms with Crippen LogP contribution in [-0.2, 0) is 4.79 Å². The zero-order valence-electron chi connectivity index (χ0n) is 13.3. The number of halogens is 3. The summed E-state index contributed by atoms with van der Waals surface area (Å²) < 4.78 is 28.5. The van der Waals surface area contributed by atoms with Crippen molar-refractivity contribution in [2.24, 2.45) is 5.92 Å². The normalized spacial score (nSPS) is 13.8. The largest absolute Gasteiger partial charge is 0.357 e. The van der Waals surface area contributed by atoms with E-state index in [1.165, 1.54) is 12.4 Å². The first-order valence-electron chi connectivity index (χ1n) is 7.92. The standard InChI is InChI=1S/C18H12BrF2N3O2/c19-9-5-12(20)14(13(21)6-9)16(25)11-7-23-15-10(11)3-4-22-17(15)24-18(26)8-1-2-8/h3-8,23H,1-2H2,(H,22,24,26). The van der Waals surface area contributed by atoms with E-state index in [9.17, 15) is 18.4 Å². The van der Waals surface area contributed by atoms with E-state index in [0.717, 1.165) is 25.0 Å². The topological polar surface area (TPSA) is 74.8 Å². The molecular weight excluding hydrogens is 408 g/mol. The average molecular weight is 420 g/mol. The van der Waals surface area contributed by atoms with Gasteiger partial charge in [0.05, 0.1) is 11.1 Å². The third-order valence-electron chi connectivity index (χ3n) is 4.27. The predicted molar refractivity (Wildman–Crippen MR) is 94.9 cm³/mol. The average Bonchev–Trinajstić information content (AvgIpc) is 3.33. The number of hydrogen-bond acceptors (Lipinski definition) is 3. The molecule has 0 spiro atoms. The first kappa shape index (κ1) is 16.8. The molecule has 8 heteroatoms. The lowest BCUT2D eigenvalue weighted by Gasteiger charge is -2.06. The van der Waals surface area contributed by atoms with Crippen molar-refractivity contribution >= 4 is 44.3 Å². The molecule has 3 aromatic rings. The lowest BCUT2D eigenvalue weighted by atomic mass is 10.0. The third-order valence-corrected chi connectivity index (χ3v) is 4.73. The fourth-order valence-electron chi connectivity index (χ4n) is 2.80. The van der Waals surface area contributed by atoms with E-state index in [-0.39, 0.29) is 27.7 Å². The number of H-pyrrole nitrogens is 1. The van der Waals surface area contributed by atoms with E-state index in [0.29, 0.717) is 10.9 Å². The molecule has 1 aliphatic carbocycles. The van der Waals surface area contributed by atoms with Gasteiger partial charge in [-0.15, -0.1) is 0 Å². The first-order chi connectivity index (χ1) is 12.5. The van der Waals surface area contributed by atoms with Crippen molar-refractivity contribution in [3.63, 3.8) is 0 Å². The van der Waals surface area contributed by atoms with Gasteiger partial charge in [-0.2, -0.15) is 0 Å². The SMILES string of the molecule is O=C(c1c(F)cc(Br)cc1F)c1c[nH]c2c(NC(=O)C3CC3)nccc12. The Morgan fingerprint density at radius 3 is 2.58 bits per heavy atom. The van der Waals surface area contributed by atoms with Crippen molar-refractivity contribution in [3.05, 3.63) is 57.8 Å². The molecule has 26 heavy (non-hydrogen) atoms. The Hall–Kier alpha value is -2.61. The Bertz CT molecular complexity index is 1040. The first-order valence-corrected chi connectivity index (χ1v) is 8.71. The van der Waals surface area contributed by atoms with Gasteiger partial charge in [0.25, 0.3) is 0 Å². The van der Waals surface area contributed by atoms with Crippen LogP contribution in [0.3, 0.4) is 0 Å². The molecule has 0 aliphatic heterocycles. The molecule has 2 N–H and O–H groups in total. The number of carbonyl (C=O) groups is 2. The van der Waals surface area contributed by atoms with Gasteiger partial charge in [0.1, 0.15) is 11.6 Å². The lowest BCUT2D eigenvalue weighted by Crippen LogP contribution is -2.14. The number of ketones is 1. The van der Waals surface area contributed by atoms with Crippen LogP contribution in [0.5, 0.6) is 0 Å². The summed E-state index contributed by atoms with van der Waals surface area (Å²) in [6.07, 6.45) is 4.49. The van der Waals surface area contributed by atoms with Crippen LogP contribution in [0.1, 0.15) is 28.8 Å².